The Morgan fingerprint density at radius 2 is 1.94 bits per heavy atom. The van der Waals surface area contributed by atoms with Gasteiger partial charge in [-0.15, -0.1) is 0 Å². The van der Waals surface area contributed by atoms with Crippen LogP contribution in [0.15, 0.2) is 36.4 Å². The first kappa shape index (κ1) is 24.0. The Bertz CT molecular complexity index is 984. The molecule has 0 radical (unpaired) electrons. The van der Waals surface area contributed by atoms with E-state index in [9.17, 15) is 14.7 Å². The van der Waals surface area contributed by atoms with Crippen LogP contribution in [0.1, 0.15) is 61.3 Å². The maximum absolute atomic E-state index is 12.8. The monoisotopic (exact) mass is 465 g/mol. The number of piperidine rings is 1. The Labute approximate surface area is 201 Å². The Morgan fingerprint density at radius 3 is 2.65 bits per heavy atom. The van der Waals surface area contributed by atoms with Crippen LogP contribution >= 0.6 is 0 Å². The maximum Gasteiger partial charge on any atom is 0.303 e. The number of carbonyl (C=O) groups excluding carboxylic acids is 1. The molecule has 3 heterocycles. The highest BCUT2D eigenvalue weighted by Crippen LogP contribution is 2.33. The number of aliphatic carboxylic acids is 1. The first-order chi connectivity index (χ1) is 16.5. The van der Waals surface area contributed by atoms with Crippen LogP contribution in [0.3, 0.4) is 0 Å². The number of rotatable bonds is 9. The van der Waals surface area contributed by atoms with Crippen molar-refractivity contribution in [3.05, 3.63) is 53.2 Å². The molecule has 4 rings (SSSR count). The summed E-state index contributed by atoms with van der Waals surface area (Å²) in [6.45, 7) is 2.44. The summed E-state index contributed by atoms with van der Waals surface area (Å²) >= 11 is 0. The third-order valence-electron chi connectivity index (χ3n) is 7.14. The van der Waals surface area contributed by atoms with Crippen molar-refractivity contribution < 1.29 is 19.4 Å². The molecule has 0 saturated carbocycles. The summed E-state index contributed by atoms with van der Waals surface area (Å²) < 4.78 is 5.23. The molecule has 1 unspecified atom stereocenters. The fourth-order valence-corrected chi connectivity index (χ4v) is 5.15. The second-order valence-corrected chi connectivity index (χ2v) is 9.47. The van der Waals surface area contributed by atoms with Crippen molar-refractivity contribution in [2.75, 3.05) is 32.1 Å². The molecule has 7 nitrogen and oxygen atoms in total. The van der Waals surface area contributed by atoms with Crippen molar-refractivity contribution in [1.82, 2.24) is 9.88 Å². The Kier molecular flexibility index (Phi) is 8.03. The molecular weight excluding hydrogens is 430 g/mol. The van der Waals surface area contributed by atoms with E-state index in [2.05, 4.69) is 11.4 Å². The minimum Gasteiger partial charge on any atom is -0.497 e. The summed E-state index contributed by atoms with van der Waals surface area (Å²) in [5.74, 6) is 1.54. The van der Waals surface area contributed by atoms with E-state index < -0.39 is 5.97 Å². The SMILES string of the molecule is COc1ccc(C(CC(=O)O)CC2CCN(C(=O)CCc3ccc4c(n3)NCCC4)CC2)cc1. The highest BCUT2D eigenvalue weighted by Gasteiger charge is 2.27. The molecule has 2 aromatic rings. The van der Waals surface area contributed by atoms with Crippen LogP contribution in [0.25, 0.3) is 0 Å². The number of methoxy groups -OCH3 is 1. The molecule has 1 saturated heterocycles. The highest BCUT2D eigenvalue weighted by molar-refractivity contribution is 5.76. The molecule has 0 bridgehead atoms. The Morgan fingerprint density at radius 1 is 1.18 bits per heavy atom. The molecule has 1 fully saturated rings. The number of aromatic nitrogens is 1. The molecule has 182 valence electrons. The van der Waals surface area contributed by atoms with E-state index >= 15 is 0 Å². The first-order valence-electron chi connectivity index (χ1n) is 12.4. The van der Waals surface area contributed by atoms with Crippen molar-refractivity contribution in [3.63, 3.8) is 0 Å². The number of anilines is 1. The molecule has 0 aliphatic carbocycles. The molecule has 1 aromatic heterocycles. The van der Waals surface area contributed by atoms with Gasteiger partial charge in [0.05, 0.1) is 13.5 Å². The number of pyridine rings is 1. The fourth-order valence-electron chi connectivity index (χ4n) is 5.15. The Hall–Kier alpha value is -3.09. The van der Waals surface area contributed by atoms with Gasteiger partial charge in [0.2, 0.25) is 5.91 Å². The van der Waals surface area contributed by atoms with E-state index in [1.165, 1.54) is 5.56 Å². The lowest BCUT2D eigenvalue weighted by Gasteiger charge is -2.33. The highest BCUT2D eigenvalue weighted by atomic mass is 16.5. The average Bonchev–Trinajstić information content (AvgIpc) is 2.87. The second-order valence-electron chi connectivity index (χ2n) is 9.47. The van der Waals surface area contributed by atoms with E-state index in [0.29, 0.717) is 18.8 Å². The number of ether oxygens (including phenoxy) is 1. The van der Waals surface area contributed by atoms with E-state index in [4.69, 9.17) is 9.72 Å². The largest absolute Gasteiger partial charge is 0.497 e. The molecule has 1 aromatic carbocycles. The van der Waals surface area contributed by atoms with Gasteiger partial charge >= 0.3 is 5.97 Å². The van der Waals surface area contributed by atoms with Crippen LogP contribution in [0, 0.1) is 5.92 Å². The van der Waals surface area contributed by atoms with Crippen molar-refractivity contribution in [1.29, 1.82) is 0 Å². The molecule has 2 aliphatic heterocycles. The van der Waals surface area contributed by atoms with Crippen molar-refractivity contribution in [3.8, 4) is 5.75 Å². The number of carboxylic acids is 1. The van der Waals surface area contributed by atoms with Gasteiger partial charge in [0.25, 0.3) is 0 Å². The van der Waals surface area contributed by atoms with Crippen LogP contribution in [0.2, 0.25) is 0 Å². The van der Waals surface area contributed by atoms with Gasteiger partial charge in [-0.2, -0.15) is 0 Å². The average molecular weight is 466 g/mol. The zero-order valence-corrected chi connectivity index (χ0v) is 20.0. The standard InChI is InChI=1S/C27H35N3O4/c1-34-24-9-5-20(6-10-24)22(18-26(32)33)17-19-12-15-30(16-13-19)25(31)11-8-23-7-4-21-3-2-14-28-27(21)29-23/h4-7,9-10,19,22H,2-3,8,11-18H2,1H3,(H,28,29)(H,32,33). The third kappa shape index (κ3) is 6.27. The molecule has 7 heteroatoms. The summed E-state index contributed by atoms with van der Waals surface area (Å²) in [7, 11) is 1.62. The Balaban J connectivity index is 1.26. The van der Waals surface area contributed by atoms with Gasteiger partial charge in [-0.25, -0.2) is 4.98 Å². The van der Waals surface area contributed by atoms with Gasteiger partial charge in [0.15, 0.2) is 0 Å². The quantitative estimate of drug-likeness (QED) is 0.575. The van der Waals surface area contributed by atoms with Crippen molar-refractivity contribution in [2.24, 2.45) is 5.92 Å². The summed E-state index contributed by atoms with van der Waals surface area (Å²) in [6, 6.07) is 11.9. The van der Waals surface area contributed by atoms with Crippen LogP contribution < -0.4 is 10.1 Å². The van der Waals surface area contributed by atoms with Crippen LogP contribution in [0.4, 0.5) is 5.82 Å². The van der Waals surface area contributed by atoms with Crippen LogP contribution in [0.5, 0.6) is 5.75 Å². The van der Waals surface area contributed by atoms with Gasteiger partial charge in [0, 0.05) is 31.7 Å². The summed E-state index contributed by atoms with van der Waals surface area (Å²) in [5.41, 5.74) is 3.26. The number of nitrogens with one attached hydrogen (secondary N) is 1. The van der Waals surface area contributed by atoms with Crippen molar-refractivity contribution >= 4 is 17.7 Å². The molecule has 2 N–H and O–H groups in total. The minimum atomic E-state index is -0.778. The number of carboxylic acid groups (broad SMARTS) is 1. The predicted octanol–water partition coefficient (Wildman–Crippen LogP) is 4.27. The zero-order valence-electron chi connectivity index (χ0n) is 20.0. The number of fused-ring (bicyclic) bond motifs is 1. The maximum atomic E-state index is 12.8. The first-order valence-corrected chi connectivity index (χ1v) is 12.4. The predicted molar refractivity (Wildman–Crippen MR) is 131 cm³/mol. The van der Waals surface area contributed by atoms with E-state index in [-0.39, 0.29) is 18.2 Å². The number of amides is 1. The molecule has 34 heavy (non-hydrogen) atoms. The number of nitrogens with zero attached hydrogens (tertiary/aromatic N) is 2. The molecule has 0 spiro atoms. The minimum absolute atomic E-state index is 0.0284. The molecule has 1 atom stereocenters. The third-order valence-corrected chi connectivity index (χ3v) is 7.14. The smallest absolute Gasteiger partial charge is 0.303 e. The topological polar surface area (TPSA) is 91.8 Å². The number of aryl methyl sites for hydroxylation is 2. The lowest BCUT2D eigenvalue weighted by atomic mass is 9.82. The molecule has 2 aliphatic rings. The van der Waals surface area contributed by atoms with Crippen LogP contribution in [-0.2, 0) is 22.4 Å². The van der Waals surface area contributed by atoms with Gasteiger partial charge in [-0.05, 0) is 79.7 Å². The molecule has 1 amide bonds. The number of likely N-dealkylation sites (tertiary alicyclic amines) is 1. The van der Waals surface area contributed by atoms with Gasteiger partial charge in [-0.3, -0.25) is 9.59 Å². The molecular formula is C27H35N3O4. The van der Waals surface area contributed by atoms with Gasteiger partial charge in [-0.1, -0.05) is 18.2 Å². The van der Waals surface area contributed by atoms with Gasteiger partial charge in [0.1, 0.15) is 11.6 Å². The van der Waals surface area contributed by atoms with E-state index in [0.717, 1.165) is 74.6 Å². The van der Waals surface area contributed by atoms with E-state index in [1.54, 1.807) is 7.11 Å². The zero-order chi connectivity index (χ0) is 23.9. The number of benzene rings is 1. The normalized spacial score (nSPS) is 16.9. The fraction of sp³-hybridized carbons (Fsp3) is 0.519. The van der Waals surface area contributed by atoms with E-state index in [1.807, 2.05) is 35.2 Å². The second kappa shape index (κ2) is 11.4. The summed E-state index contributed by atoms with van der Waals surface area (Å²) in [4.78, 5) is 30.9. The lowest BCUT2D eigenvalue weighted by molar-refractivity contribution is -0.137. The van der Waals surface area contributed by atoms with Crippen molar-refractivity contribution in [2.45, 2.75) is 57.3 Å². The number of hydrogen-bond acceptors (Lipinski definition) is 5. The van der Waals surface area contributed by atoms with Gasteiger partial charge < -0.3 is 20.1 Å². The number of hydrogen-bond donors (Lipinski definition) is 2. The van der Waals surface area contributed by atoms with Crippen LogP contribution in [-0.4, -0.2) is 53.6 Å². The number of carbonyl (C=O) groups is 2. The summed E-state index contributed by atoms with van der Waals surface area (Å²) in [6.07, 6.45) is 6.11. The summed E-state index contributed by atoms with van der Waals surface area (Å²) in [5, 5.41) is 12.8. The lowest BCUT2D eigenvalue weighted by Crippen LogP contribution is -2.39.